The number of nitrogens with one attached hydrogen (secondary N) is 1. The zero-order chi connectivity index (χ0) is 10.6. The molecule has 1 saturated heterocycles. The van der Waals surface area contributed by atoms with Gasteiger partial charge in [-0.15, -0.1) is 0 Å². The molecule has 1 amide bonds. The molecular formula is C9H19N3O2. The molecule has 2 unspecified atom stereocenters. The van der Waals surface area contributed by atoms with Gasteiger partial charge < -0.3 is 5.11 Å². The molecule has 0 saturated carbocycles. The molecule has 4 N–H and O–H groups in total. The maximum Gasteiger partial charge on any atom is 0.251 e. The Morgan fingerprint density at radius 1 is 1.79 bits per heavy atom. The fourth-order valence-electron chi connectivity index (χ4n) is 2.00. The van der Waals surface area contributed by atoms with Gasteiger partial charge in [0, 0.05) is 13.2 Å². The molecule has 0 radical (unpaired) electrons. The number of carbonyl (C=O) groups excluding carboxylic acids is 1. The first kappa shape index (κ1) is 11.4. The summed E-state index contributed by atoms with van der Waals surface area (Å²) in [5.74, 6) is 5.29. The third-order valence-corrected chi connectivity index (χ3v) is 2.85. The molecule has 0 aromatic carbocycles. The van der Waals surface area contributed by atoms with Crippen molar-refractivity contribution < 1.29 is 9.90 Å². The molecule has 2 atom stereocenters. The lowest BCUT2D eigenvalue weighted by Crippen LogP contribution is -2.48. The van der Waals surface area contributed by atoms with Gasteiger partial charge in [0.1, 0.15) is 0 Å². The van der Waals surface area contributed by atoms with Crippen molar-refractivity contribution in [1.82, 2.24) is 10.3 Å². The fraction of sp³-hybridized carbons (Fsp3) is 0.889. The van der Waals surface area contributed by atoms with Crippen molar-refractivity contribution >= 4 is 5.91 Å². The van der Waals surface area contributed by atoms with Gasteiger partial charge >= 0.3 is 0 Å². The molecule has 0 aromatic heterocycles. The zero-order valence-corrected chi connectivity index (χ0v) is 8.57. The highest BCUT2D eigenvalue weighted by Crippen LogP contribution is 2.19. The van der Waals surface area contributed by atoms with Crippen LogP contribution in [0.3, 0.4) is 0 Å². The second kappa shape index (κ2) is 5.29. The Balaban J connectivity index is 2.50. The second-order valence-corrected chi connectivity index (χ2v) is 3.76. The first-order valence-corrected chi connectivity index (χ1v) is 5.08. The van der Waals surface area contributed by atoms with Crippen LogP contribution in [0.5, 0.6) is 0 Å². The largest absolute Gasteiger partial charge is 0.396 e. The van der Waals surface area contributed by atoms with Crippen LogP contribution in [0.15, 0.2) is 0 Å². The number of aliphatic hydroxyl groups excluding tert-OH is 1. The van der Waals surface area contributed by atoms with E-state index in [4.69, 9.17) is 10.9 Å². The summed E-state index contributed by atoms with van der Waals surface area (Å²) in [6, 6.07) is -0.142. The van der Waals surface area contributed by atoms with Gasteiger partial charge in [-0.3, -0.25) is 15.1 Å². The summed E-state index contributed by atoms with van der Waals surface area (Å²) in [6.07, 6.45) is 1.71. The van der Waals surface area contributed by atoms with Crippen LogP contribution in [-0.2, 0) is 4.79 Å². The second-order valence-electron chi connectivity index (χ2n) is 3.76. The van der Waals surface area contributed by atoms with E-state index in [1.54, 1.807) is 0 Å². The van der Waals surface area contributed by atoms with Crippen molar-refractivity contribution in [2.75, 3.05) is 19.7 Å². The van der Waals surface area contributed by atoms with Crippen LogP contribution in [-0.4, -0.2) is 41.7 Å². The molecule has 5 heteroatoms. The number of rotatable bonds is 4. The topological polar surface area (TPSA) is 78.6 Å². The number of nitrogens with two attached hydrogens (primary N) is 1. The third kappa shape index (κ3) is 2.43. The molecular weight excluding hydrogens is 182 g/mol. The van der Waals surface area contributed by atoms with Gasteiger partial charge in [-0.25, -0.2) is 5.84 Å². The van der Waals surface area contributed by atoms with Crippen LogP contribution in [0.4, 0.5) is 0 Å². The zero-order valence-electron chi connectivity index (χ0n) is 8.57. The Morgan fingerprint density at radius 2 is 2.50 bits per heavy atom. The van der Waals surface area contributed by atoms with E-state index in [0.29, 0.717) is 5.92 Å². The number of hydrogen-bond acceptors (Lipinski definition) is 4. The summed E-state index contributed by atoms with van der Waals surface area (Å²) in [7, 11) is 0. The van der Waals surface area contributed by atoms with E-state index in [9.17, 15) is 4.79 Å². The van der Waals surface area contributed by atoms with Crippen molar-refractivity contribution in [3.8, 4) is 0 Å². The minimum Gasteiger partial charge on any atom is -0.396 e. The molecule has 1 aliphatic heterocycles. The number of hydrazine groups is 1. The van der Waals surface area contributed by atoms with Crippen LogP contribution in [0.1, 0.15) is 19.8 Å². The third-order valence-electron chi connectivity index (χ3n) is 2.85. The van der Waals surface area contributed by atoms with Gasteiger partial charge in [0.25, 0.3) is 5.91 Å². The first-order valence-electron chi connectivity index (χ1n) is 5.08. The predicted octanol–water partition coefficient (Wildman–Crippen LogP) is -0.931. The van der Waals surface area contributed by atoms with Crippen molar-refractivity contribution in [2.24, 2.45) is 11.8 Å². The van der Waals surface area contributed by atoms with Crippen molar-refractivity contribution in [3.05, 3.63) is 0 Å². The normalized spacial score (nSPS) is 24.9. The van der Waals surface area contributed by atoms with E-state index in [1.165, 1.54) is 0 Å². The number of hydrogen-bond donors (Lipinski definition) is 3. The average molecular weight is 201 g/mol. The lowest BCUT2D eigenvalue weighted by atomic mass is 10.1. The quantitative estimate of drug-likeness (QED) is 0.312. The van der Waals surface area contributed by atoms with E-state index in [2.05, 4.69) is 10.3 Å². The molecule has 1 heterocycles. The summed E-state index contributed by atoms with van der Waals surface area (Å²) in [6.45, 7) is 3.84. The molecule has 14 heavy (non-hydrogen) atoms. The SMILES string of the molecule is CCC(C(=O)NN)N1CCC(CO)C1. The van der Waals surface area contributed by atoms with E-state index < -0.39 is 0 Å². The molecule has 0 spiro atoms. The monoisotopic (exact) mass is 201 g/mol. The number of nitrogens with zero attached hydrogens (tertiary/aromatic N) is 1. The van der Waals surface area contributed by atoms with Crippen LogP contribution in [0.2, 0.25) is 0 Å². The Labute approximate surface area is 84.2 Å². The van der Waals surface area contributed by atoms with Crippen molar-refractivity contribution in [3.63, 3.8) is 0 Å². The lowest BCUT2D eigenvalue weighted by Gasteiger charge is -2.24. The van der Waals surface area contributed by atoms with E-state index in [-0.39, 0.29) is 18.6 Å². The molecule has 0 aliphatic carbocycles. The highest BCUT2D eigenvalue weighted by atomic mass is 16.3. The van der Waals surface area contributed by atoms with Gasteiger partial charge in [-0.2, -0.15) is 0 Å². The van der Waals surface area contributed by atoms with E-state index >= 15 is 0 Å². The summed E-state index contributed by atoms with van der Waals surface area (Å²) in [5, 5.41) is 8.98. The van der Waals surface area contributed by atoms with E-state index in [1.807, 2.05) is 6.92 Å². The van der Waals surface area contributed by atoms with E-state index in [0.717, 1.165) is 25.9 Å². The summed E-state index contributed by atoms with van der Waals surface area (Å²) in [4.78, 5) is 13.5. The number of likely N-dealkylation sites (tertiary alicyclic amines) is 1. The molecule has 82 valence electrons. The molecule has 5 nitrogen and oxygen atoms in total. The molecule has 1 rings (SSSR count). The van der Waals surface area contributed by atoms with Gasteiger partial charge in [0.15, 0.2) is 0 Å². The fourth-order valence-corrected chi connectivity index (χ4v) is 2.00. The first-order chi connectivity index (χ1) is 6.72. The number of carbonyl (C=O) groups is 1. The van der Waals surface area contributed by atoms with Crippen LogP contribution < -0.4 is 11.3 Å². The van der Waals surface area contributed by atoms with Crippen LogP contribution in [0, 0.1) is 5.92 Å². The van der Waals surface area contributed by atoms with Gasteiger partial charge in [0.05, 0.1) is 6.04 Å². The highest BCUT2D eigenvalue weighted by Gasteiger charge is 2.30. The van der Waals surface area contributed by atoms with Crippen molar-refractivity contribution in [2.45, 2.75) is 25.8 Å². The molecule has 0 bridgehead atoms. The number of aliphatic hydroxyl groups is 1. The lowest BCUT2D eigenvalue weighted by molar-refractivity contribution is -0.126. The standard InChI is InChI=1S/C9H19N3O2/c1-2-8(9(14)11-10)12-4-3-7(5-12)6-13/h7-8,13H,2-6,10H2,1H3,(H,11,14). The Kier molecular flexibility index (Phi) is 4.31. The Hall–Kier alpha value is -0.650. The van der Waals surface area contributed by atoms with Crippen molar-refractivity contribution in [1.29, 1.82) is 0 Å². The van der Waals surface area contributed by atoms with Crippen LogP contribution in [0.25, 0.3) is 0 Å². The van der Waals surface area contributed by atoms with Crippen LogP contribution >= 0.6 is 0 Å². The maximum atomic E-state index is 11.4. The maximum absolute atomic E-state index is 11.4. The number of amides is 1. The summed E-state index contributed by atoms with van der Waals surface area (Å²) in [5.41, 5.74) is 2.18. The molecule has 0 aromatic rings. The molecule has 1 aliphatic rings. The van der Waals surface area contributed by atoms with Gasteiger partial charge in [0.2, 0.25) is 0 Å². The summed E-state index contributed by atoms with van der Waals surface area (Å²) >= 11 is 0. The van der Waals surface area contributed by atoms with Gasteiger partial charge in [-0.05, 0) is 25.3 Å². The Morgan fingerprint density at radius 3 is 2.93 bits per heavy atom. The highest BCUT2D eigenvalue weighted by molar-refractivity contribution is 5.81. The minimum atomic E-state index is -0.142. The Bertz CT molecular complexity index is 198. The smallest absolute Gasteiger partial charge is 0.251 e. The summed E-state index contributed by atoms with van der Waals surface area (Å²) < 4.78 is 0. The van der Waals surface area contributed by atoms with Gasteiger partial charge in [-0.1, -0.05) is 6.92 Å². The minimum absolute atomic E-state index is 0.133. The molecule has 1 fully saturated rings. The predicted molar refractivity (Wildman–Crippen MR) is 53.2 cm³/mol. The average Bonchev–Trinajstić information content (AvgIpc) is 2.67.